The number of nitrogens with zero attached hydrogens (tertiary/aromatic N) is 3. The van der Waals surface area contributed by atoms with E-state index in [1.54, 1.807) is 11.3 Å². The number of hydrazone groups is 1. The van der Waals surface area contributed by atoms with Gasteiger partial charge in [0.25, 0.3) is 0 Å². The van der Waals surface area contributed by atoms with Gasteiger partial charge in [0, 0.05) is 4.88 Å². The molecular weight excluding hydrogens is 306 g/mol. The number of benzene rings is 1. The maximum atomic E-state index is 13.5. The lowest BCUT2D eigenvalue weighted by atomic mass is 10.2. The van der Waals surface area contributed by atoms with Gasteiger partial charge in [0.15, 0.2) is 5.82 Å². The molecule has 3 rings (SSSR count). The van der Waals surface area contributed by atoms with Crippen molar-refractivity contribution in [2.45, 2.75) is 13.8 Å². The van der Waals surface area contributed by atoms with Gasteiger partial charge in [-0.05, 0) is 31.5 Å². The fraction of sp³-hybridized carbons (Fsp3) is 0.133. The summed E-state index contributed by atoms with van der Waals surface area (Å²) in [5, 5.41) is 4.76. The summed E-state index contributed by atoms with van der Waals surface area (Å²) in [7, 11) is 0. The highest BCUT2D eigenvalue weighted by Crippen LogP contribution is 2.32. The summed E-state index contributed by atoms with van der Waals surface area (Å²) in [6.07, 6.45) is 2.53. The fourth-order valence-electron chi connectivity index (χ4n) is 2.06. The number of fused-ring (bicyclic) bond motifs is 1. The zero-order valence-corrected chi connectivity index (χ0v) is 12.7. The first-order valence-corrected chi connectivity index (χ1v) is 7.33. The van der Waals surface area contributed by atoms with E-state index in [2.05, 4.69) is 20.5 Å². The molecule has 0 saturated carbocycles. The average Bonchev–Trinajstić information content (AvgIpc) is 2.78. The van der Waals surface area contributed by atoms with E-state index in [-0.39, 0.29) is 5.56 Å². The molecule has 0 atom stereocenters. The highest BCUT2D eigenvalue weighted by molar-refractivity contribution is 7.18. The van der Waals surface area contributed by atoms with Gasteiger partial charge in [-0.3, -0.25) is 5.43 Å². The second kappa shape index (κ2) is 5.76. The van der Waals surface area contributed by atoms with E-state index in [9.17, 15) is 8.78 Å². The largest absolute Gasteiger partial charge is 0.261 e. The molecule has 0 aliphatic heterocycles. The van der Waals surface area contributed by atoms with Gasteiger partial charge in [-0.1, -0.05) is 6.07 Å². The van der Waals surface area contributed by atoms with E-state index in [1.807, 2.05) is 13.8 Å². The molecule has 4 nitrogen and oxygen atoms in total. The molecule has 0 amide bonds. The van der Waals surface area contributed by atoms with Crippen LogP contribution in [0.5, 0.6) is 0 Å². The Morgan fingerprint density at radius 3 is 2.64 bits per heavy atom. The Morgan fingerprint density at radius 2 is 1.91 bits per heavy atom. The quantitative estimate of drug-likeness (QED) is 0.586. The third-order valence-electron chi connectivity index (χ3n) is 3.33. The molecule has 0 spiro atoms. The van der Waals surface area contributed by atoms with Crippen molar-refractivity contribution in [1.82, 2.24) is 9.97 Å². The fourth-order valence-corrected chi connectivity index (χ4v) is 3.06. The Morgan fingerprint density at radius 1 is 1.18 bits per heavy atom. The number of aromatic nitrogens is 2. The van der Waals surface area contributed by atoms with E-state index in [0.29, 0.717) is 5.82 Å². The van der Waals surface area contributed by atoms with E-state index in [0.717, 1.165) is 26.9 Å². The van der Waals surface area contributed by atoms with Gasteiger partial charge in [-0.2, -0.15) is 5.10 Å². The Hall–Kier alpha value is -2.41. The SMILES string of the molecule is Cc1sc2ncnc(N/N=C/c3c(F)cccc3F)c2c1C. The van der Waals surface area contributed by atoms with E-state index < -0.39 is 11.6 Å². The summed E-state index contributed by atoms with van der Waals surface area (Å²) in [6, 6.07) is 3.67. The van der Waals surface area contributed by atoms with Gasteiger partial charge in [0.05, 0.1) is 17.2 Å². The minimum absolute atomic E-state index is 0.196. The molecule has 0 radical (unpaired) electrons. The molecule has 0 fully saturated rings. The van der Waals surface area contributed by atoms with Crippen molar-refractivity contribution in [3.05, 3.63) is 52.2 Å². The van der Waals surface area contributed by atoms with Crippen LogP contribution in [0.25, 0.3) is 10.2 Å². The van der Waals surface area contributed by atoms with E-state index in [1.165, 1.54) is 24.5 Å². The summed E-state index contributed by atoms with van der Waals surface area (Å²) in [5.74, 6) is -0.818. The average molecular weight is 318 g/mol. The van der Waals surface area contributed by atoms with Crippen LogP contribution in [-0.2, 0) is 0 Å². The molecule has 1 N–H and O–H groups in total. The van der Waals surface area contributed by atoms with Crippen molar-refractivity contribution in [2.75, 3.05) is 5.43 Å². The number of anilines is 1. The molecule has 2 aromatic heterocycles. The predicted molar refractivity (Wildman–Crippen MR) is 84.5 cm³/mol. The van der Waals surface area contributed by atoms with Gasteiger partial charge >= 0.3 is 0 Å². The van der Waals surface area contributed by atoms with Crippen LogP contribution in [0.2, 0.25) is 0 Å². The number of hydrogen-bond acceptors (Lipinski definition) is 5. The van der Waals surface area contributed by atoms with E-state index in [4.69, 9.17) is 0 Å². The first kappa shape index (κ1) is 14.5. The maximum Gasteiger partial charge on any atom is 0.158 e. The summed E-state index contributed by atoms with van der Waals surface area (Å²) in [4.78, 5) is 10.3. The molecule has 7 heteroatoms. The van der Waals surface area contributed by atoms with Crippen LogP contribution in [0.3, 0.4) is 0 Å². The van der Waals surface area contributed by atoms with Gasteiger partial charge < -0.3 is 0 Å². The number of aryl methyl sites for hydroxylation is 2. The predicted octanol–water partition coefficient (Wildman–Crippen LogP) is 4.03. The number of nitrogens with one attached hydrogen (secondary N) is 1. The Bertz CT molecular complexity index is 853. The number of thiophene rings is 1. The van der Waals surface area contributed by atoms with Crippen LogP contribution in [0.1, 0.15) is 16.0 Å². The number of halogens is 2. The molecule has 0 bridgehead atoms. The first-order chi connectivity index (χ1) is 10.6. The minimum atomic E-state index is -0.666. The third kappa shape index (κ3) is 2.55. The monoisotopic (exact) mass is 318 g/mol. The highest BCUT2D eigenvalue weighted by atomic mass is 32.1. The third-order valence-corrected chi connectivity index (χ3v) is 4.44. The van der Waals surface area contributed by atoms with Crippen molar-refractivity contribution >= 4 is 33.6 Å². The van der Waals surface area contributed by atoms with Gasteiger partial charge in [-0.25, -0.2) is 18.7 Å². The molecular formula is C15H12F2N4S. The summed E-state index contributed by atoms with van der Waals surface area (Å²) in [6.45, 7) is 3.98. The van der Waals surface area contributed by atoms with Gasteiger partial charge in [0.2, 0.25) is 0 Å². The molecule has 2 heterocycles. The van der Waals surface area contributed by atoms with Crippen LogP contribution in [0.4, 0.5) is 14.6 Å². The van der Waals surface area contributed by atoms with Gasteiger partial charge in [-0.15, -0.1) is 11.3 Å². The molecule has 0 aliphatic rings. The lowest BCUT2D eigenvalue weighted by Gasteiger charge is -2.02. The van der Waals surface area contributed by atoms with E-state index >= 15 is 0 Å². The molecule has 3 aromatic rings. The highest BCUT2D eigenvalue weighted by Gasteiger charge is 2.11. The zero-order valence-electron chi connectivity index (χ0n) is 11.9. The van der Waals surface area contributed by atoms with Crippen molar-refractivity contribution in [1.29, 1.82) is 0 Å². The second-order valence-electron chi connectivity index (χ2n) is 4.69. The van der Waals surface area contributed by atoms with Gasteiger partial charge in [0.1, 0.15) is 22.8 Å². The normalized spacial score (nSPS) is 11.5. The number of rotatable bonds is 3. The molecule has 1 aromatic carbocycles. The van der Waals surface area contributed by atoms with Crippen molar-refractivity contribution in [2.24, 2.45) is 5.10 Å². The summed E-state index contributed by atoms with van der Waals surface area (Å²) < 4.78 is 27.0. The van der Waals surface area contributed by atoms with Crippen LogP contribution in [0.15, 0.2) is 29.6 Å². The lowest BCUT2D eigenvalue weighted by Crippen LogP contribution is -1.98. The van der Waals surface area contributed by atoms with Crippen LogP contribution >= 0.6 is 11.3 Å². The van der Waals surface area contributed by atoms with Crippen molar-refractivity contribution in [3.63, 3.8) is 0 Å². The Kier molecular flexibility index (Phi) is 3.81. The smallest absolute Gasteiger partial charge is 0.158 e. The number of hydrogen-bond donors (Lipinski definition) is 1. The van der Waals surface area contributed by atoms with Crippen LogP contribution in [-0.4, -0.2) is 16.2 Å². The van der Waals surface area contributed by atoms with Crippen molar-refractivity contribution < 1.29 is 8.78 Å². The molecule has 0 saturated heterocycles. The Labute approximate surface area is 129 Å². The topological polar surface area (TPSA) is 50.2 Å². The summed E-state index contributed by atoms with van der Waals surface area (Å²) in [5.41, 5.74) is 3.61. The van der Waals surface area contributed by atoms with Crippen LogP contribution < -0.4 is 5.43 Å². The molecule has 0 unspecified atom stereocenters. The van der Waals surface area contributed by atoms with Crippen LogP contribution in [0, 0.1) is 25.5 Å². The molecule has 22 heavy (non-hydrogen) atoms. The first-order valence-electron chi connectivity index (χ1n) is 6.51. The maximum absolute atomic E-state index is 13.5. The van der Waals surface area contributed by atoms with Crippen molar-refractivity contribution in [3.8, 4) is 0 Å². The molecule has 112 valence electrons. The molecule has 0 aliphatic carbocycles. The Balaban J connectivity index is 1.93. The minimum Gasteiger partial charge on any atom is -0.261 e. The lowest BCUT2D eigenvalue weighted by molar-refractivity contribution is 0.580. The standard InChI is InChI=1S/C15H12F2N4S/c1-8-9(2)22-15-13(8)14(18-7-19-15)21-20-6-10-11(16)4-3-5-12(10)17/h3-7H,1-2H3,(H,18,19,21)/b20-6+. The second-order valence-corrected chi connectivity index (χ2v) is 5.89. The zero-order chi connectivity index (χ0) is 15.7. The summed E-state index contributed by atoms with van der Waals surface area (Å²) >= 11 is 1.56.